The number of alkyl carbamates (subject to hydrolysis) is 2. The molecule has 57 heavy (non-hydrogen) atoms. The first kappa shape index (κ1) is 49.3. The Bertz CT molecular complexity index is 1180. The molecule has 0 aromatic heterocycles. The summed E-state index contributed by atoms with van der Waals surface area (Å²) in [5.41, 5.74) is 1.98. The van der Waals surface area contributed by atoms with Crippen LogP contribution in [0.25, 0.3) is 0 Å². The average Bonchev–Trinajstić information content (AvgIpc) is 3.22. The maximum absolute atomic E-state index is 12.0. The summed E-state index contributed by atoms with van der Waals surface area (Å²) in [7, 11) is 0. The Balaban J connectivity index is 1.21. The van der Waals surface area contributed by atoms with E-state index in [-0.39, 0.29) is 24.1 Å². The summed E-state index contributed by atoms with van der Waals surface area (Å²) < 4.78 is 15.5. The summed E-state index contributed by atoms with van der Waals surface area (Å²) in [6.07, 6.45) is 30.1. The number of unbranched alkanes of at least 4 members (excludes halogenated alkanes) is 24. The molecule has 2 N–H and O–H groups in total. The largest absolute Gasteiger partial charge is 0.445 e. The minimum absolute atomic E-state index is 0.305. The summed E-state index contributed by atoms with van der Waals surface area (Å²) in [4.78, 5) is 47.6. The van der Waals surface area contributed by atoms with Crippen LogP contribution in [0.3, 0.4) is 0 Å². The van der Waals surface area contributed by atoms with Crippen molar-refractivity contribution in [2.24, 2.45) is 0 Å². The lowest BCUT2D eigenvalue weighted by atomic mass is 10.0. The van der Waals surface area contributed by atoms with Gasteiger partial charge in [-0.3, -0.25) is 9.59 Å². The van der Waals surface area contributed by atoms with Gasteiger partial charge >= 0.3 is 24.1 Å². The number of amides is 2. The van der Waals surface area contributed by atoms with Crippen molar-refractivity contribution in [1.29, 1.82) is 0 Å². The second kappa shape index (κ2) is 36.5. The molecule has 2 rings (SSSR count). The fraction of sp³-hybridized carbons (Fsp3) is 0.667. The minimum atomic E-state index is -0.369. The van der Waals surface area contributed by atoms with Gasteiger partial charge in [-0.1, -0.05) is 202 Å². The van der Waals surface area contributed by atoms with Gasteiger partial charge in [0, 0.05) is 25.9 Å². The van der Waals surface area contributed by atoms with Crippen molar-refractivity contribution in [3.63, 3.8) is 0 Å². The topological polar surface area (TPSA) is 120 Å². The third kappa shape index (κ3) is 31.8. The molecule has 0 spiro atoms. The molecular weight excluding hydrogens is 717 g/mol. The summed E-state index contributed by atoms with van der Waals surface area (Å²) in [5.74, 6) is -0.738. The Kier molecular flexibility index (Phi) is 31.5. The second-order valence-electron chi connectivity index (χ2n) is 15.5. The van der Waals surface area contributed by atoms with Crippen molar-refractivity contribution >= 4 is 24.1 Å². The van der Waals surface area contributed by atoms with E-state index >= 15 is 0 Å². The highest BCUT2D eigenvalue weighted by Crippen LogP contribution is 2.15. The highest BCUT2D eigenvalue weighted by atomic mass is 16.6. The van der Waals surface area contributed by atoms with Crippen LogP contribution in [0.5, 0.6) is 0 Å². The van der Waals surface area contributed by atoms with Crippen molar-refractivity contribution in [2.45, 2.75) is 193 Å². The molecule has 0 atom stereocenters. The van der Waals surface area contributed by atoms with Crippen LogP contribution in [0.1, 0.15) is 191 Å². The Labute approximate surface area is 345 Å². The van der Waals surface area contributed by atoms with Crippen LogP contribution < -0.4 is 10.6 Å². The van der Waals surface area contributed by atoms with E-state index in [4.69, 9.17) is 14.2 Å². The minimum Gasteiger partial charge on any atom is -0.445 e. The lowest BCUT2D eigenvalue weighted by Crippen LogP contribution is -2.25. The Hall–Kier alpha value is -3.88. The van der Waals surface area contributed by atoms with E-state index in [1.165, 1.54) is 103 Å². The smallest absolute Gasteiger partial charge is 0.407 e. The second-order valence-corrected chi connectivity index (χ2v) is 15.5. The molecule has 2 aromatic rings. The number of nitrogens with one attached hydrogen (secondary N) is 2. The molecule has 0 saturated carbocycles. The average molecular weight is 793 g/mol. The van der Waals surface area contributed by atoms with E-state index in [9.17, 15) is 19.2 Å². The predicted octanol–water partition coefficient (Wildman–Crippen LogP) is 12.8. The molecule has 0 aliphatic carbocycles. The molecule has 0 fully saturated rings. The summed E-state index contributed by atoms with van der Waals surface area (Å²) in [6, 6.07) is 19.4. The van der Waals surface area contributed by atoms with Gasteiger partial charge in [0.1, 0.15) is 13.2 Å². The van der Waals surface area contributed by atoms with Crippen molar-refractivity contribution < 1.29 is 33.4 Å². The van der Waals surface area contributed by atoms with Crippen molar-refractivity contribution in [3.8, 4) is 0 Å². The van der Waals surface area contributed by atoms with Crippen molar-refractivity contribution in [1.82, 2.24) is 10.6 Å². The van der Waals surface area contributed by atoms with Gasteiger partial charge in [-0.25, -0.2) is 9.59 Å². The molecular formula is C48H76N2O7. The SMILES string of the molecule is O=C(CCCCCCCCCCCCCCCNC(=O)OCc1ccccc1)OC(=O)CCCCCCCCCCCCCCCNC(=O)OCc1ccccc1. The van der Waals surface area contributed by atoms with Crippen molar-refractivity contribution in [2.75, 3.05) is 13.1 Å². The quantitative estimate of drug-likeness (QED) is 0.0305. The third-order valence-corrected chi connectivity index (χ3v) is 10.3. The highest BCUT2D eigenvalue weighted by molar-refractivity contribution is 5.85. The molecule has 0 saturated heterocycles. The van der Waals surface area contributed by atoms with Crippen LogP contribution in [-0.2, 0) is 37.0 Å². The van der Waals surface area contributed by atoms with Gasteiger partial charge in [-0.05, 0) is 36.8 Å². The molecule has 2 aromatic carbocycles. The van der Waals surface area contributed by atoms with Gasteiger partial charge in [-0.2, -0.15) is 0 Å². The van der Waals surface area contributed by atoms with Gasteiger partial charge in [0.2, 0.25) is 0 Å². The van der Waals surface area contributed by atoms with Gasteiger partial charge < -0.3 is 24.8 Å². The molecule has 0 aliphatic rings. The molecule has 0 bridgehead atoms. The maximum Gasteiger partial charge on any atom is 0.407 e. The first-order valence-corrected chi connectivity index (χ1v) is 22.7. The van der Waals surface area contributed by atoms with Gasteiger partial charge in [0.25, 0.3) is 0 Å². The van der Waals surface area contributed by atoms with Crippen LogP contribution in [0.2, 0.25) is 0 Å². The fourth-order valence-corrected chi connectivity index (χ4v) is 6.84. The van der Waals surface area contributed by atoms with E-state index in [0.29, 0.717) is 39.1 Å². The molecule has 320 valence electrons. The van der Waals surface area contributed by atoms with Crippen LogP contribution >= 0.6 is 0 Å². The number of carbonyl (C=O) groups excluding carboxylic acids is 4. The molecule has 0 heterocycles. The van der Waals surface area contributed by atoms with Crippen molar-refractivity contribution in [3.05, 3.63) is 71.8 Å². The van der Waals surface area contributed by atoms with E-state index in [0.717, 1.165) is 75.3 Å². The number of benzene rings is 2. The first-order chi connectivity index (χ1) is 28.0. The number of rotatable bonds is 36. The third-order valence-electron chi connectivity index (χ3n) is 10.3. The number of ether oxygens (including phenoxy) is 3. The van der Waals surface area contributed by atoms with Gasteiger partial charge in [0.15, 0.2) is 0 Å². The van der Waals surface area contributed by atoms with Crippen LogP contribution in [0.4, 0.5) is 9.59 Å². The molecule has 9 heteroatoms. The number of hydrogen-bond donors (Lipinski definition) is 2. The zero-order valence-corrected chi connectivity index (χ0v) is 35.3. The Morgan fingerprint density at radius 2 is 0.614 bits per heavy atom. The summed E-state index contributed by atoms with van der Waals surface area (Å²) in [5, 5.41) is 5.66. The van der Waals surface area contributed by atoms with Crippen LogP contribution in [-0.4, -0.2) is 37.2 Å². The van der Waals surface area contributed by atoms with E-state index in [1.807, 2.05) is 60.7 Å². The molecule has 0 aliphatic heterocycles. The Morgan fingerprint density at radius 1 is 0.351 bits per heavy atom. The number of hydrogen-bond acceptors (Lipinski definition) is 7. The van der Waals surface area contributed by atoms with Crippen LogP contribution in [0.15, 0.2) is 60.7 Å². The maximum atomic E-state index is 12.0. The van der Waals surface area contributed by atoms with Crippen LogP contribution in [0, 0.1) is 0 Å². The Morgan fingerprint density at radius 3 is 0.912 bits per heavy atom. The number of esters is 2. The van der Waals surface area contributed by atoms with E-state index in [2.05, 4.69) is 10.6 Å². The summed E-state index contributed by atoms with van der Waals surface area (Å²) >= 11 is 0. The zero-order valence-electron chi connectivity index (χ0n) is 35.3. The lowest BCUT2D eigenvalue weighted by Gasteiger charge is -2.07. The molecule has 2 amide bonds. The number of carbonyl (C=O) groups is 4. The monoisotopic (exact) mass is 793 g/mol. The van der Waals surface area contributed by atoms with E-state index < -0.39 is 0 Å². The molecule has 0 unspecified atom stereocenters. The molecule has 9 nitrogen and oxygen atoms in total. The summed E-state index contributed by atoms with van der Waals surface area (Å²) in [6.45, 7) is 1.94. The van der Waals surface area contributed by atoms with E-state index in [1.54, 1.807) is 0 Å². The first-order valence-electron chi connectivity index (χ1n) is 22.7. The predicted molar refractivity (Wildman–Crippen MR) is 230 cm³/mol. The normalized spacial score (nSPS) is 10.9. The van der Waals surface area contributed by atoms with Gasteiger partial charge in [0.05, 0.1) is 0 Å². The molecule has 0 radical (unpaired) electrons. The van der Waals surface area contributed by atoms with Gasteiger partial charge in [-0.15, -0.1) is 0 Å². The highest BCUT2D eigenvalue weighted by Gasteiger charge is 2.10. The zero-order chi connectivity index (χ0) is 40.7. The lowest BCUT2D eigenvalue weighted by molar-refractivity contribution is -0.159. The standard InChI is InChI=1S/C48H76N2O7/c51-45(37-29-19-15-11-7-3-1-5-9-13-17-21-31-39-49-47(53)55-41-43-33-25-23-26-34-43)57-46(52)38-30-20-16-12-8-4-2-6-10-14-18-22-32-40-50-48(54)56-42-44-35-27-24-28-36-44/h23-28,33-36H,1-22,29-32,37-42H2,(H,49,53)(H,50,54). The fourth-order valence-electron chi connectivity index (χ4n) is 6.84.